The molecule has 0 unspecified atom stereocenters. The van der Waals surface area contributed by atoms with Crippen molar-refractivity contribution < 1.29 is 0 Å². The van der Waals surface area contributed by atoms with Gasteiger partial charge in [0.25, 0.3) is 0 Å². The Labute approximate surface area is 402 Å². The maximum Gasteiger partial charge on any atom is 0.180 e. The molecule has 322 valence electrons. The molecule has 11 aromatic carbocycles. The van der Waals surface area contributed by atoms with Gasteiger partial charge in [0.1, 0.15) is 0 Å². The molecule has 0 nitrogen and oxygen atoms in total. The van der Waals surface area contributed by atoms with E-state index in [1.165, 1.54) is 108 Å². The smallest absolute Gasteiger partial charge is 0.0623 e. The Kier molecular flexibility index (Phi) is 10.4. The van der Waals surface area contributed by atoms with E-state index in [1.54, 1.807) is 0 Å². The van der Waals surface area contributed by atoms with Crippen molar-refractivity contribution in [2.75, 3.05) is 0 Å². The minimum absolute atomic E-state index is 1.24. The van der Waals surface area contributed by atoms with E-state index in [0.717, 1.165) is 0 Å². The molecule has 68 heavy (non-hydrogen) atoms. The van der Waals surface area contributed by atoms with Crippen molar-refractivity contribution in [3.8, 4) is 44.5 Å². The zero-order valence-corrected chi connectivity index (χ0v) is 40.4. The van der Waals surface area contributed by atoms with Crippen LogP contribution in [0, 0.1) is 13.8 Å². The van der Waals surface area contributed by atoms with Crippen molar-refractivity contribution in [2.24, 2.45) is 0 Å². The fourth-order valence-corrected chi connectivity index (χ4v) is 23.1. The predicted molar refractivity (Wildman–Crippen MR) is 296 cm³/mol. The summed E-state index contributed by atoms with van der Waals surface area (Å²) in [6, 6.07) is 103. The first-order chi connectivity index (χ1) is 33.6. The second-order valence-electron chi connectivity index (χ2n) is 18.4. The molecule has 0 saturated heterocycles. The van der Waals surface area contributed by atoms with Gasteiger partial charge in [-0.1, -0.05) is 278 Å². The minimum Gasteiger partial charge on any atom is -0.0623 e. The van der Waals surface area contributed by atoms with Crippen molar-refractivity contribution in [3.05, 3.63) is 278 Å². The quantitative estimate of drug-likeness (QED) is 0.0948. The van der Waals surface area contributed by atoms with Gasteiger partial charge in [0.05, 0.1) is 0 Å². The molecule has 0 amide bonds. The molecule has 0 saturated carbocycles. The second kappa shape index (κ2) is 17.1. The van der Waals surface area contributed by atoms with Crippen LogP contribution in [0.5, 0.6) is 0 Å². The van der Waals surface area contributed by atoms with Crippen LogP contribution in [0.4, 0.5) is 0 Å². The van der Waals surface area contributed by atoms with Crippen LogP contribution in [0.25, 0.3) is 55.3 Å². The second-order valence-corrected chi connectivity index (χ2v) is 25.9. The standard InChI is InChI=1S/C66H50Si2/c1-47-39-43-50(44-40-47)61-63-58-37-21-23-49-24-22-38-59(60(49)58)64(63)62(51-45-41-48(2)42-46-51)66(68(55-31-15-6-16-32-55,56-33-17-7-18-34-56)57-35-19-8-20-36-57)65(61)67(52-25-9-3-10-26-52,53-27-11-4-12-28-53)54-29-13-5-14-30-54/h3-46H,1-2H3. The molecule has 1 aliphatic carbocycles. The third kappa shape index (κ3) is 6.40. The lowest BCUT2D eigenvalue weighted by Gasteiger charge is -2.45. The van der Waals surface area contributed by atoms with Crippen molar-refractivity contribution in [1.82, 2.24) is 0 Å². The fraction of sp³-hybridized carbons (Fsp3) is 0.0303. The summed E-state index contributed by atoms with van der Waals surface area (Å²) in [5, 5.41) is 13.6. The number of fused-ring (bicyclic) bond motifs is 3. The van der Waals surface area contributed by atoms with Crippen LogP contribution >= 0.6 is 0 Å². The van der Waals surface area contributed by atoms with Crippen LogP contribution < -0.4 is 41.5 Å². The summed E-state index contributed by atoms with van der Waals surface area (Å²) < 4.78 is 0. The van der Waals surface area contributed by atoms with E-state index in [2.05, 4.69) is 281 Å². The van der Waals surface area contributed by atoms with Gasteiger partial charge in [-0.3, -0.25) is 0 Å². The highest BCUT2D eigenvalue weighted by molar-refractivity contribution is 7.27. The maximum absolute atomic E-state index is 3.46. The first kappa shape index (κ1) is 41.5. The molecule has 0 radical (unpaired) electrons. The van der Waals surface area contributed by atoms with E-state index < -0.39 is 16.1 Å². The van der Waals surface area contributed by atoms with Gasteiger partial charge in [0.15, 0.2) is 16.1 Å². The van der Waals surface area contributed by atoms with Crippen LogP contribution in [0.15, 0.2) is 267 Å². The van der Waals surface area contributed by atoms with Crippen LogP contribution in [-0.2, 0) is 0 Å². The van der Waals surface area contributed by atoms with Gasteiger partial charge in [-0.15, -0.1) is 0 Å². The average Bonchev–Trinajstić information content (AvgIpc) is 3.74. The molecule has 0 bridgehead atoms. The molecule has 1 aliphatic rings. The zero-order valence-electron chi connectivity index (χ0n) is 38.4. The zero-order chi connectivity index (χ0) is 45.7. The Morgan fingerprint density at radius 3 is 0.765 bits per heavy atom. The average molecular weight is 899 g/mol. The summed E-state index contributed by atoms with van der Waals surface area (Å²) in [7, 11) is -6.93. The molecule has 11 aromatic rings. The third-order valence-corrected chi connectivity index (χ3v) is 24.6. The molecule has 0 N–H and O–H groups in total. The van der Waals surface area contributed by atoms with Gasteiger partial charge in [-0.25, -0.2) is 0 Å². The van der Waals surface area contributed by atoms with Crippen LogP contribution in [0.3, 0.4) is 0 Å². The Morgan fingerprint density at radius 1 is 0.235 bits per heavy atom. The molecule has 0 aliphatic heterocycles. The summed E-state index contributed by atoms with van der Waals surface area (Å²) in [5.41, 5.74) is 12.9. The van der Waals surface area contributed by atoms with Crippen molar-refractivity contribution >= 4 is 68.4 Å². The van der Waals surface area contributed by atoms with Crippen LogP contribution in [-0.4, -0.2) is 16.1 Å². The summed E-state index contributed by atoms with van der Waals surface area (Å²) in [6.45, 7) is 4.43. The van der Waals surface area contributed by atoms with E-state index >= 15 is 0 Å². The highest BCUT2D eigenvalue weighted by atomic mass is 28.3. The van der Waals surface area contributed by atoms with E-state index in [0.29, 0.717) is 0 Å². The highest BCUT2D eigenvalue weighted by Gasteiger charge is 2.54. The van der Waals surface area contributed by atoms with E-state index in [9.17, 15) is 0 Å². The van der Waals surface area contributed by atoms with Gasteiger partial charge in [0.2, 0.25) is 0 Å². The minimum atomic E-state index is -3.46. The van der Waals surface area contributed by atoms with Gasteiger partial charge in [-0.05, 0) is 111 Å². The highest BCUT2D eigenvalue weighted by Crippen LogP contribution is 2.54. The number of aryl methyl sites for hydroxylation is 2. The maximum atomic E-state index is 2.44. The largest absolute Gasteiger partial charge is 0.180 e. The third-order valence-electron chi connectivity index (χ3n) is 14.6. The Hall–Kier alpha value is -7.89. The first-order valence-corrected chi connectivity index (χ1v) is 27.8. The molecular formula is C66H50Si2. The van der Waals surface area contributed by atoms with E-state index in [-0.39, 0.29) is 0 Å². The summed E-state index contributed by atoms with van der Waals surface area (Å²) in [5.74, 6) is 0. The monoisotopic (exact) mass is 898 g/mol. The predicted octanol–water partition coefficient (Wildman–Crippen LogP) is 11.2. The summed E-state index contributed by atoms with van der Waals surface area (Å²) >= 11 is 0. The van der Waals surface area contributed by atoms with Crippen molar-refractivity contribution in [2.45, 2.75) is 13.8 Å². The number of hydrogen-bond donors (Lipinski definition) is 0. The van der Waals surface area contributed by atoms with E-state index in [4.69, 9.17) is 0 Å². The lowest BCUT2D eigenvalue weighted by Crippen LogP contribution is -2.85. The number of hydrogen-bond acceptors (Lipinski definition) is 0. The fourth-order valence-electron chi connectivity index (χ4n) is 11.8. The van der Waals surface area contributed by atoms with Crippen molar-refractivity contribution in [3.63, 3.8) is 0 Å². The van der Waals surface area contributed by atoms with Crippen molar-refractivity contribution in [1.29, 1.82) is 0 Å². The Morgan fingerprint density at radius 2 is 0.500 bits per heavy atom. The molecule has 12 rings (SSSR count). The van der Waals surface area contributed by atoms with Gasteiger partial charge in [0, 0.05) is 0 Å². The van der Waals surface area contributed by atoms with Crippen LogP contribution in [0.2, 0.25) is 0 Å². The molecule has 0 spiro atoms. The molecule has 0 heterocycles. The number of rotatable bonds is 10. The van der Waals surface area contributed by atoms with Crippen LogP contribution in [0.1, 0.15) is 11.1 Å². The van der Waals surface area contributed by atoms with Gasteiger partial charge >= 0.3 is 0 Å². The molecule has 0 aromatic heterocycles. The molecule has 0 atom stereocenters. The van der Waals surface area contributed by atoms with E-state index in [1.807, 2.05) is 0 Å². The number of benzene rings is 11. The lowest BCUT2D eigenvalue weighted by atomic mass is 9.87. The Balaban J connectivity index is 1.50. The van der Waals surface area contributed by atoms with Gasteiger partial charge in [-0.2, -0.15) is 0 Å². The molecule has 2 heteroatoms. The lowest BCUT2D eigenvalue weighted by molar-refractivity contribution is 1.47. The topological polar surface area (TPSA) is 0 Å². The van der Waals surface area contributed by atoms with Gasteiger partial charge < -0.3 is 0 Å². The first-order valence-electron chi connectivity index (χ1n) is 23.8. The summed E-state index contributed by atoms with van der Waals surface area (Å²) in [4.78, 5) is 0. The molecule has 0 fully saturated rings. The normalized spacial score (nSPS) is 12.0. The molecular weight excluding hydrogens is 849 g/mol. The Bertz CT molecular complexity index is 3140. The summed E-state index contributed by atoms with van der Waals surface area (Å²) in [6.07, 6.45) is 0. The SMILES string of the molecule is Cc1ccc(-c2c3c(c(-c4ccc(C)cc4)c([Si](c4ccccc4)(c4ccccc4)c4ccccc4)c2[Si](c2ccccc2)(c2ccccc2)c2ccccc2)-c2cccc4cccc-3c24)cc1.